The number of nitrogens with one attached hydrogen (secondary N) is 1. The number of halogens is 2. The van der Waals surface area contributed by atoms with Crippen molar-refractivity contribution in [2.45, 2.75) is 49.2 Å². The molecule has 1 saturated heterocycles. The van der Waals surface area contributed by atoms with Gasteiger partial charge in [0, 0.05) is 61.2 Å². The Balaban J connectivity index is 1.35. The summed E-state index contributed by atoms with van der Waals surface area (Å²) in [4.78, 5) is 42.7. The normalized spacial score (nSPS) is 15.0. The number of aromatic nitrogens is 1. The minimum absolute atomic E-state index is 0.0212. The fraction of sp³-hybridized carbons (Fsp3) is 0.333. The van der Waals surface area contributed by atoms with E-state index in [0.717, 1.165) is 47.9 Å². The van der Waals surface area contributed by atoms with Gasteiger partial charge in [-0.3, -0.25) is 23.6 Å². The van der Waals surface area contributed by atoms with E-state index in [1.165, 1.54) is 23.3 Å². The third kappa shape index (κ3) is 8.18. The average Bonchev–Trinajstić information content (AvgIpc) is 3.38. The number of carboxylic acid groups (broad SMARTS) is 1. The smallest absolute Gasteiger partial charge is 0.305 e. The maximum Gasteiger partial charge on any atom is 0.305 e. The van der Waals surface area contributed by atoms with Crippen LogP contribution in [0.25, 0.3) is 11.3 Å². The lowest BCUT2D eigenvalue weighted by Crippen LogP contribution is -2.43. The molecule has 3 aromatic rings. The van der Waals surface area contributed by atoms with Crippen LogP contribution in [0.1, 0.15) is 31.7 Å². The first-order valence-electron chi connectivity index (χ1n) is 12.6. The molecule has 0 aliphatic carbocycles. The summed E-state index contributed by atoms with van der Waals surface area (Å²) in [6.07, 6.45) is 1.23. The molecule has 1 aliphatic heterocycles. The number of nitrogens with two attached hydrogens (primary N) is 1. The quantitative estimate of drug-likeness (QED) is 0.257. The molecule has 0 saturated carbocycles. The van der Waals surface area contributed by atoms with Crippen LogP contribution in [-0.2, 0) is 20.9 Å². The van der Waals surface area contributed by atoms with Crippen LogP contribution in [0.3, 0.4) is 0 Å². The summed E-state index contributed by atoms with van der Waals surface area (Å²) < 4.78 is 2.56. The summed E-state index contributed by atoms with van der Waals surface area (Å²) in [7, 11) is 0. The highest BCUT2D eigenvalue weighted by Crippen LogP contribution is 2.34. The lowest BCUT2D eigenvalue weighted by molar-refractivity contribution is -0.138. The van der Waals surface area contributed by atoms with Crippen LogP contribution >= 0.6 is 46.5 Å². The summed E-state index contributed by atoms with van der Waals surface area (Å²) in [6, 6.07) is 11.7. The van der Waals surface area contributed by atoms with Crippen LogP contribution in [0.5, 0.6) is 0 Å². The Morgan fingerprint density at radius 2 is 1.95 bits per heavy atom. The van der Waals surface area contributed by atoms with Crippen molar-refractivity contribution in [1.29, 1.82) is 0 Å². The second-order valence-electron chi connectivity index (χ2n) is 9.46. The number of anilines is 1. The van der Waals surface area contributed by atoms with Gasteiger partial charge < -0.3 is 16.2 Å². The zero-order valence-electron chi connectivity index (χ0n) is 21.7. The number of carbonyl (C=O) groups excluding carboxylic acids is 2. The molecular formula is C27H29Cl2N5O4S2. The monoisotopic (exact) mass is 621 g/mol. The standard InChI is InChI=1S/C27H29Cl2N5O4S2/c1-16(35)34(20-7-9-33(10-8-20)14-17-5-6-21(28)22(29)11-17)40-27-32-24(15-39-27)18-3-2-4-19(12-18)31-26(38)23(30)13-25(36)37/h2-6,11-12,15,20,23H,7-10,13-14,30H2,1H3,(H,31,38)(H,36,37)/t23-/m0/s1. The number of aliphatic carboxylic acids is 1. The van der Waals surface area contributed by atoms with Gasteiger partial charge in [-0.2, -0.15) is 0 Å². The van der Waals surface area contributed by atoms with Gasteiger partial charge in [0.1, 0.15) is 0 Å². The first-order chi connectivity index (χ1) is 19.1. The van der Waals surface area contributed by atoms with Crippen molar-refractivity contribution in [3.63, 3.8) is 0 Å². The molecule has 2 amide bonds. The maximum atomic E-state index is 12.6. The minimum atomic E-state index is -1.15. The number of thiazole rings is 1. The number of piperidine rings is 1. The molecule has 40 heavy (non-hydrogen) atoms. The third-order valence-electron chi connectivity index (χ3n) is 6.41. The van der Waals surface area contributed by atoms with Crippen molar-refractivity contribution in [2.24, 2.45) is 5.73 Å². The predicted molar refractivity (Wildman–Crippen MR) is 160 cm³/mol. The summed E-state index contributed by atoms with van der Waals surface area (Å²) in [5.74, 6) is -1.74. The highest BCUT2D eigenvalue weighted by Gasteiger charge is 2.28. The zero-order valence-corrected chi connectivity index (χ0v) is 24.8. The summed E-state index contributed by atoms with van der Waals surface area (Å²) >= 11 is 15.0. The molecule has 0 radical (unpaired) electrons. The van der Waals surface area contributed by atoms with Gasteiger partial charge in [-0.1, -0.05) is 41.4 Å². The molecule has 4 N–H and O–H groups in total. The summed E-state index contributed by atoms with van der Waals surface area (Å²) in [5, 5.41) is 14.5. The first kappa shape index (κ1) is 30.3. The highest BCUT2D eigenvalue weighted by molar-refractivity contribution is 7.99. The Morgan fingerprint density at radius 3 is 2.62 bits per heavy atom. The molecule has 13 heteroatoms. The van der Waals surface area contributed by atoms with Gasteiger partial charge >= 0.3 is 5.97 Å². The van der Waals surface area contributed by atoms with Crippen molar-refractivity contribution < 1.29 is 19.5 Å². The van der Waals surface area contributed by atoms with E-state index in [2.05, 4.69) is 10.2 Å². The van der Waals surface area contributed by atoms with Crippen molar-refractivity contribution in [3.05, 3.63) is 63.5 Å². The Labute approximate surface area is 250 Å². The van der Waals surface area contributed by atoms with Crippen molar-refractivity contribution in [2.75, 3.05) is 18.4 Å². The van der Waals surface area contributed by atoms with Crippen LogP contribution in [0, 0.1) is 0 Å². The Morgan fingerprint density at radius 1 is 1.20 bits per heavy atom. The minimum Gasteiger partial charge on any atom is -0.481 e. The van der Waals surface area contributed by atoms with Crippen molar-refractivity contribution in [1.82, 2.24) is 14.2 Å². The molecule has 1 aliphatic rings. The molecule has 1 fully saturated rings. The lowest BCUT2D eigenvalue weighted by atomic mass is 10.0. The number of benzene rings is 2. The SMILES string of the molecule is CC(=O)N(Sc1nc(-c2cccc(NC(=O)[C@@H](N)CC(=O)O)c2)cs1)C1CCN(Cc2ccc(Cl)c(Cl)c2)CC1. The van der Waals surface area contributed by atoms with Gasteiger partial charge in [0.25, 0.3) is 0 Å². The second-order valence-corrected chi connectivity index (χ2v) is 12.4. The van der Waals surface area contributed by atoms with E-state index in [-0.39, 0.29) is 11.9 Å². The Bertz CT molecular complexity index is 1380. The fourth-order valence-corrected chi connectivity index (χ4v) is 6.62. The predicted octanol–water partition coefficient (Wildman–Crippen LogP) is 5.38. The van der Waals surface area contributed by atoms with Crippen molar-refractivity contribution in [3.8, 4) is 11.3 Å². The molecule has 1 atom stereocenters. The van der Waals surface area contributed by atoms with Crippen LogP contribution in [0.4, 0.5) is 5.69 Å². The van der Waals surface area contributed by atoms with Crippen LogP contribution in [0.15, 0.2) is 52.2 Å². The topological polar surface area (TPSA) is 129 Å². The second kappa shape index (κ2) is 13.8. The maximum absolute atomic E-state index is 12.6. The van der Waals surface area contributed by atoms with E-state index in [1.54, 1.807) is 25.1 Å². The van der Waals surface area contributed by atoms with Gasteiger partial charge in [-0.05, 0) is 42.7 Å². The third-order valence-corrected chi connectivity index (χ3v) is 9.29. The molecule has 9 nitrogen and oxygen atoms in total. The molecule has 2 aromatic carbocycles. The summed E-state index contributed by atoms with van der Waals surface area (Å²) in [5.41, 5.74) is 8.73. The first-order valence-corrected chi connectivity index (χ1v) is 15.0. The molecule has 0 bridgehead atoms. The molecule has 0 spiro atoms. The van der Waals surface area contributed by atoms with Crippen LogP contribution in [-0.4, -0.2) is 62.3 Å². The van der Waals surface area contributed by atoms with E-state index in [1.807, 2.05) is 34.0 Å². The average molecular weight is 623 g/mol. The fourth-order valence-electron chi connectivity index (χ4n) is 4.39. The van der Waals surface area contributed by atoms with Gasteiger partial charge in [0.05, 0.1) is 28.2 Å². The number of carboxylic acids is 1. The number of amides is 2. The molecule has 1 aromatic heterocycles. The molecule has 212 valence electrons. The van der Waals surface area contributed by atoms with E-state index >= 15 is 0 Å². The number of likely N-dealkylation sites (tertiary alicyclic amines) is 1. The molecule has 4 rings (SSSR count). The van der Waals surface area contributed by atoms with Crippen molar-refractivity contribution >= 4 is 70.0 Å². The number of hydrogen-bond acceptors (Lipinski definition) is 8. The zero-order chi connectivity index (χ0) is 28.8. The summed E-state index contributed by atoms with van der Waals surface area (Å²) in [6.45, 7) is 4.06. The largest absolute Gasteiger partial charge is 0.481 e. The number of carbonyl (C=O) groups is 3. The number of hydrogen-bond donors (Lipinski definition) is 3. The van der Waals surface area contributed by atoms with Gasteiger partial charge in [0.15, 0.2) is 4.34 Å². The lowest BCUT2D eigenvalue weighted by Gasteiger charge is -2.37. The van der Waals surface area contributed by atoms with Gasteiger partial charge in [-0.25, -0.2) is 4.98 Å². The van der Waals surface area contributed by atoms with Gasteiger partial charge in [0.2, 0.25) is 11.8 Å². The highest BCUT2D eigenvalue weighted by atomic mass is 35.5. The van der Waals surface area contributed by atoms with E-state index < -0.39 is 24.3 Å². The van der Waals surface area contributed by atoms with E-state index in [9.17, 15) is 14.4 Å². The van der Waals surface area contributed by atoms with Crippen LogP contribution < -0.4 is 11.1 Å². The Hall–Kier alpha value is -2.67. The Kier molecular flexibility index (Phi) is 10.4. The van der Waals surface area contributed by atoms with E-state index in [4.69, 9.17) is 39.0 Å². The van der Waals surface area contributed by atoms with E-state index in [0.29, 0.717) is 21.4 Å². The number of nitrogens with zero attached hydrogens (tertiary/aromatic N) is 3. The molecule has 2 heterocycles. The molecular weight excluding hydrogens is 593 g/mol. The number of rotatable bonds is 10. The van der Waals surface area contributed by atoms with Gasteiger partial charge in [-0.15, -0.1) is 11.3 Å². The molecule has 0 unspecified atom stereocenters. The van der Waals surface area contributed by atoms with Crippen LogP contribution in [0.2, 0.25) is 10.0 Å².